The van der Waals surface area contributed by atoms with Gasteiger partial charge in [-0.15, -0.1) is 0 Å². The van der Waals surface area contributed by atoms with Gasteiger partial charge in [-0.3, -0.25) is 0 Å². The number of benzene rings is 2. The number of hydrogen-bond donors (Lipinski definition) is 1. The lowest BCUT2D eigenvalue weighted by Gasteiger charge is -2.15. The van der Waals surface area contributed by atoms with E-state index in [4.69, 9.17) is 21.1 Å². The molecular weight excluding hydrogens is 286 g/mol. The van der Waals surface area contributed by atoms with Gasteiger partial charge in [0.1, 0.15) is 0 Å². The van der Waals surface area contributed by atoms with Gasteiger partial charge in [-0.2, -0.15) is 0 Å². The largest absolute Gasteiger partial charge is 0.493 e. The molecule has 0 fully saturated rings. The lowest BCUT2D eigenvalue weighted by Crippen LogP contribution is -2.04. The summed E-state index contributed by atoms with van der Waals surface area (Å²) in [5, 5.41) is 4.12. The molecule has 2 aromatic carbocycles. The lowest BCUT2D eigenvalue weighted by atomic mass is 10.1. The zero-order valence-electron chi connectivity index (χ0n) is 12.6. The summed E-state index contributed by atoms with van der Waals surface area (Å²) >= 11 is 6.14. The van der Waals surface area contributed by atoms with Crippen LogP contribution in [0.25, 0.3) is 0 Å². The number of aryl methyl sites for hydroxylation is 1. The third-order valence-electron chi connectivity index (χ3n) is 3.22. The fourth-order valence-corrected chi connectivity index (χ4v) is 2.25. The molecule has 0 radical (unpaired) electrons. The molecular formula is C17H20ClNO2. The Labute approximate surface area is 130 Å². The summed E-state index contributed by atoms with van der Waals surface area (Å²) in [6.45, 7) is 5.19. The van der Waals surface area contributed by atoms with Crippen LogP contribution in [0.2, 0.25) is 5.02 Å². The van der Waals surface area contributed by atoms with Crippen molar-refractivity contribution in [1.29, 1.82) is 0 Å². The molecule has 0 amide bonds. The fraction of sp³-hybridized carbons (Fsp3) is 0.294. The third kappa shape index (κ3) is 3.82. The van der Waals surface area contributed by atoms with E-state index in [1.54, 1.807) is 7.11 Å². The predicted molar refractivity (Wildman–Crippen MR) is 87.7 cm³/mol. The van der Waals surface area contributed by atoms with Crippen molar-refractivity contribution in [3.63, 3.8) is 0 Å². The molecule has 21 heavy (non-hydrogen) atoms. The minimum Gasteiger partial charge on any atom is -0.493 e. The van der Waals surface area contributed by atoms with Crippen LogP contribution in [0, 0.1) is 6.92 Å². The summed E-state index contributed by atoms with van der Waals surface area (Å²) in [4.78, 5) is 0. The minimum absolute atomic E-state index is 0.601. The summed E-state index contributed by atoms with van der Waals surface area (Å²) in [6, 6.07) is 11.8. The summed E-state index contributed by atoms with van der Waals surface area (Å²) in [5.74, 6) is 1.53. The Kier molecular flexibility index (Phi) is 5.34. The molecule has 112 valence electrons. The fourth-order valence-electron chi connectivity index (χ4n) is 2.07. The number of hydrogen-bond acceptors (Lipinski definition) is 3. The summed E-state index contributed by atoms with van der Waals surface area (Å²) in [7, 11) is 1.65. The van der Waals surface area contributed by atoms with Crippen molar-refractivity contribution < 1.29 is 9.47 Å². The number of ether oxygens (including phenoxy) is 2. The van der Waals surface area contributed by atoms with Gasteiger partial charge < -0.3 is 14.8 Å². The second-order valence-electron chi connectivity index (χ2n) is 4.70. The van der Waals surface area contributed by atoms with Gasteiger partial charge >= 0.3 is 0 Å². The van der Waals surface area contributed by atoms with E-state index in [1.165, 1.54) is 0 Å². The first kappa shape index (κ1) is 15.5. The highest BCUT2D eigenvalue weighted by molar-refractivity contribution is 6.31. The Morgan fingerprint density at radius 1 is 1.19 bits per heavy atom. The van der Waals surface area contributed by atoms with Crippen LogP contribution in [0.4, 0.5) is 5.69 Å². The quantitative estimate of drug-likeness (QED) is 0.841. The van der Waals surface area contributed by atoms with E-state index < -0.39 is 0 Å². The topological polar surface area (TPSA) is 30.5 Å². The van der Waals surface area contributed by atoms with Gasteiger partial charge in [-0.05, 0) is 37.6 Å². The van der Waals surface area contributed by atoms with E-state index in [9.17, 15) is 0 Å². The van der Waals surface area contributed by atoms with Crippen molar-refractivity contribution in [2.75, 3.05) is 19.0 Å². The van der Waals surface area contributed by atoms with Crippen molar-refractivity contribution in [2.24, 2.45) is 0 Å². The number of rotatable bonds is 6. The molecule has 0 aliphatic heterocycles. The van der Waals surface area contributed by atoms with E-state index >= 15 is 0 Å². The smallest absolute Gasteiger partial charge is 0.166 e. The van der Waals surface area contributed by atoms with Crippen LogP contribution < -0.4 is 14.8 Å². The molecule has 0 bridgehead atoms. The van der Waals surface area contributed by atoms with Crippen LogP contribution in [0.5, 0.6) is 11.5 Å². The van der Waals surface area contributed by atoms with Crippen LogP contribution in [-0.2, 0) is 6.54 Å². The number of anilines is 1. The molecule has 0 saturated heterocycles. The van der Waals surface area contributed by atoms with Crippen LogP contribution in [-0.4, -0.2) is 13.7 Å². The van der Waals surface area contributed by atoms with Gasteiger partial charge in [0.15, 0.2) is 11.5 Å². The van der Waals surface area contributed by atoms with E-state index in [0.717, 1.165) is 33.3 Å². The second kappa shape index (κ2) is 7.23. The first-order valence-electron chi connectivity index (χ1n) is 6.94. The molecule has 0 saturated carbocycles. The normalized spacial score (nSPS) is 10.3. The summed E-state index contributed by atoms with van der Waals surface area (Å²) < 4.78 is 11.1. The Hall–Kier alpha value is -1.87. The molecule has 2 rings (SSSR count). The average molecular weight is 306 g/mol. The van der Waals surface area contributed by atoms with Gasteiger partial charge in [0.25, 0.3) is 0 Å². The number of halogens is 1. The molecule has 0 aliphatic rings. The van der Waals surface area contributed by atoms with Gasteiger partial charge in [0.2, 0.25) is 0 Å². The first-order valence-corrected chi connectivity index (χ1v) is 7.32. The van der Waals surface area contributed by atoms with Crippen molar-refractivity contribution >= 4 is 17.3 Å². The maximum absolute atomic E-state index is 6.14. The highest BCUT2D eigenvalue weighted by atomic mass is 35.5. The van der Waals surface area contributed by atoms with Crippen molar-refractivity contribution in [3.8, 4) is 11.5 Å². The lowest BCUT2D eigenvalue weighted by molar-refractivity contribution is 0.308. The van der Waals surface area contributed by atoms with Gasteiger partial charge in [0.05, 0.1) is 13.7 Å². The molecule has 0 spiro atoms. The minimum atomic E-state index is 0.601. The van der Waals surface area contributed by atoms with Crippen molar-refractivity contribution in [3.05, 3.63) is 52.5 Å². The van der Waals surface area contributed by atoms with E-state index in [0.29, 0.717) is 13.2 Å². The molecule has 0 aliphatic carbocycles. The zero-order valence-corrected chi connectivity index (χ0v) is 13.3. The van der Waals surface area contributed by atoms with Gasteiger partial charge in [-0.25, -0.2) is 0 Å². The SMILES string of the molecule is CCOc1c(CNc2ccc(C)c(Cl)c2)cccc1OC. The molecule has 2 aromatic rings. The highest BCUT2D eigenvalue weighted by Crippen LogP contribution is 2.31. The Morgan fingerprint density at radius 2 is 2.00 bits per heavy atom. The summed E-state index contributed by atoms with van der Waals surface area (Å²) in [5.41, 5.74) is 3.10. The van der Waals surface area contributed by atoms with Crippen LogP contribution in [0.1, 0.15) is 18.1 Å². The van der Waals surface area contributed by atoms with E-state index in [-0.39, 0.29) is 0 Å². The highest BCUT2D eigenvalue weighted by Gasteiger charge is 2.10. The number of nitrogens with one attached hydrogen (secondary N) is 1. The molecule has 1 N–H and O–H groups in total. The number of methoxy groups -OCH3 is 1. The maximum atomic E-state index is 6.14. The molecule has 4 heteroatoms. The molecule has 0 aromatic heterocycles. The predicted octanol–water partition coefficient (Wildman–Crippen LogP) is 4.67. The maximum Gasteiger partial charge on any atom is 0.166 e. The van der Waals surface area contributed by atoms with E-state index in [1.807, 2.05) is 50.2 Å². The monoisotopic (exact) mass is 305 g/mol. The van der Waals surface area contributed by atoms with Crippen molar-refractivity contribution in [1.82, 2.24) is 0 Å². The third-order valence-corrected chi connectivity index (χ3v) is 3.63. The Morgan fingerprint density at radius 3 is 2.67 bits per heavy atom. The van der Waals surface area contributed by atoms with E-state index in [2.05, 4.69) is 5.32 Å². The van der Waals surface area contributed by atoms with Gasteiger partial charge in [-0.1, -0.05) is 29.8 Å². The zero-order chi connectivity index (χ0) is 15.2. The second-order valence-corrected chi connectivity index (χ2v) is 5.11. The molecule has 0 unspecified atom stereocenters. The molecule has 0 atom stereocenters. The average Bonchev–Trinajstić information content (AvgIpc) is 2.49. The van der Waals surface area contributed by atoms with Crippen LogP contribution in [0.15, 0.2) is 36.4 Å². The van der Waals surface area contributed by atoms with Crippen molar-refractivity contribution in [2.45, 2.75) is 20.4 Å². The standard InChI is InChI=1S/C17H20ClNO2/c1-4-21-17-13(6-5-7-16(17)20-3)11-19-14-9-8-12(2)15(18)10-14/h5-10,19H,4,11H2,1-3H3. The Bertz CT molecular complexity index is 614. The van der Waals surface area contributed by atoms with Crippen LogP contribution >= 0.6 is 11.6 Å². The van der Waals surface area contributed by atoms with Crippen LogP contribution in [0.3, 0.4) is 0 Å². The molecule has 0 heterocycles. The summed E-state index contributed by atoms with van der Waals surface area (Å²) in [6.07, 6.45) is 0. The Balaban J connectivity index is 2.17. The number of para-hydroxylation sites is 1. The molecule has 3 nitrogen and oxygen atoms in total. The first-order chi connectivity index (χ1) is 10.2. The van der Waals surface area contributed by atoms with Gasteiger partial charge in [0, 0.05) is 22.8 Å².